The summed E-state index contributed by atoms with van der Waals surface area (Å²) in [4.78, 5) is 7.93. The third-order valence-corrected chi connectivity index (χ3v) is 18.4. The van der Waals surface area contributed by atoms with Gasteiger partial charge in [0.15, 0.2) is 0 Å². The molecule has 0 bridgehead atoms. The lowest BCUT2D eigenvalue weighted by molar-refractivity contribution is 0.331. The number of benzene rings is 7. The molecule has 0 saturated heterocycles. The molecule has 0 unspecified atom stereocenters. The quantitative estimate of drug-likeness (QED) is 0.159. The molecular weight excluding hydrogens is 866 g/mol. The van der Waals surface area contributed by atoms with E-state index < -0.39 is 0 Å². The van der Waals surface area contributed by atoms with E-state index in [9.17, 15) is 0 Å². The summed E-state index contributed by atoms with van der Waals surface area (Å²) in [7, 11) is 0. The number of para-hydroxylation sites is 2. The second-order valence-electron chi connectivity index (χ2n) is 24.8. The van der Waals surface area contributed by atoms with Crippen LogP contribution in [0.15, 0.2) is 146 Å². The average molecular weight is 934 g/mol. The summed E-state index contributed by atoms with van der Waals surface area (Å²) in [6.45, 7) is 29.3. The van der Waals surface area contributed by atoms with Crippen molar-refractivity contribution in [2.75, 3.05) is 14.7 Å². The number of hydrogen-bond donors (Lipinski definition) is 0. The standard InChI is InChI=1S/C65H68BN3S/c1-41-37-49-50(64(9,10)34-33-63(49,7)8)40-52(41)69-54-39-46(67(43-21-15-13-16-22-43)44-23-17-14-18-24-44)38-53-58(54)66(51-32-31-48-56(59(51)69)65(11,12)36-35-62(48,5)6)57-47-25-19-20-26-55(47)70-60(57)68(53)45-29-27-42(28-30-45)61(2,3)4/h13-32,37-40H,33-36H2,1-12H3. The molecule has 0 fully saturated rings. The van der Waals surface area contributed by atoms with E-state index in [1.165, 1.54) is 99.7 Å². The number of fused-ring (bicyclic) bond motifs is 9. The summed E-state index contributed by atoms with van der Waals surface area (Å²) >= 11 is 1.95. The minimum absolute atomic E-state index is 0.00268. The fourth-order valence-corrected chi connectivity index (χ4v) is 14.2. The number of anilines is 9. The number of hydrogen-bond acceptors (Lipinski definition) is 4. The Morgan fingerprint density at radius 3 is 1.67 bits per heavy atom. The van der Waals surface area contributed by atoms with Crippen molar-refractivity contribution < 1.29 is 0 Å². The van der Waals surface area contributed by atoms with Crippen molar-refractivity contribution in [2.24, 2.45) is 0 Å². The van der Waals surface area contributed by atoms with Crippen molar-refractivity contribution >= 4 is 95.0 Å². The van der Waals surface area contributed by atoms with E-state index in [-0.39, 0.29) is 33.8 Å². The van der Waals surface area contributed by atoms with Gasteiger partial charge in [-0.2, -0.15) is 0 Å². The molecule has 0 saturated carbocycles. The van der Waals surface area contributed by atoms with Crippen molar-refractivity contribution in [3.63, 3.8) is 0 Å². The van der Waals surface area contributed by atoms with Crippen LogP contribution < -0.4 is 31.1 Å². The zero-order chi connectivity index (χ0) is 48.9. The van der Waals surface area contributed by atoms with Crippen molar-refractivity contribution in [3.05, 3.63) is 179 Å². The largest absolute Gasteiger partial charge is 0.311 e. The molecule has 0 amide bonds. The van der Waals surface area contributed by atoms with Crippen molar-refractivity contribution in [1.29, 1.82) is 0 Å². The maximum Gasteiger partial charge on any atom is 0.254 e. The molecule has 8 aromatic rings. The third kappa shape index (κ3) is 6.81. The van der Waals surface area contributed by atoms with E-state index in [0.29, 0.717) is 0 Å². The predicted molar refractivity (Wildman–Crippen MR) is 305 cm³/mol. The molecule has 352 valence electrons. The third-order valence-electron chi connectivity index (χ3n) is 17.2. The van der Waals surface area contributed by atoms with Crippen molar-refractivity contribution in [3.8, 4) is 0 Å². The summed E-state index contributed by atoms with van der Waals surface area (Å²) in [6.07, 6.45) is 4.64. The summed E-state index contributed by atoms with van der Waals surface area (Å²) in [5.41, 5.74) is 22.8. The van der Waals surface area contributed by atoms with E-state index in [2.05, 4.69) is 243 Å². The van der Waals surface area contributed by atoms with Gasteiger partial charge in [-0.15, -0.1) is 11.3 Å². The van der Waals surface area contributed by atoms with Gasteiger partial charge < -0.3 is 14.7 Å². The van der Waals surface area contributed by atoms with Gasteiger partial charge >= 0.3 is 0 Å². The predicted octanol–water partition coefficient (Wildman–Crippen LogP) is 16.8. The van der Waals surface area contributed by atoms with Crippen LogP contribution in [0.25, 0.3) is 10.1 Å². The fraction of sp³-hybridized carbons (Fsp3) is 0.323. The zero-order valence-corrected chi connectivity index (χ0v) is 44.3. The van der Waals surface area contributed by atoms with Crippen LogP contribution in [0.3, 0.4) is 0 Å². The van der Waals surface area contributed by atoms with Crippen LogP contribution in [0, 0.1) is 6.92 Å². The zero-order valence-electron chi connectivity index (χ0n) is 43.5. The molecule has 0 radical (unpaired) electrons. The molecule has 0 atom stereocenters. The van der Waals surface area contributed by atoms with E-state index in [4.69, 9.17) is 0 Å². The van der Waals surface area contributed by atoms with Crippen molar-refractivity contribution in [1.82, 2.24) is 0 Å². The number of thiophene rings is 1. The van der Waals surface area contributed by atoms with Crippen LogP contribution in [-0.2, 0) is 27.1 Å². The molecule has 70 heavy (non-hydrogen) atoms. The second-order valence-corrected chi connectivity index (χ2v) is 25.8. The van der Waals surface area contributed by atoms with Crippen LogP contribution in [0.2, 0.25) is 0 Å². The summed E-state index contributed by atoms with van der Waals surface area (Å²) in [6, 6.07) is 56.2. The number of aryl methyl sites for hydroxylation is 1. The number of nitrogens with zero attached hydrogens (tertiary/aromatic N) is 3. The maximum absolute atomic E-state index is 2.80. The highest BCUT2D eigenvalue weighted by molar-refractivity contribution is 7.26. The first-order valence-corrected chi connectivity index (χ1v) is 26.7. The first-order valence-electron chi connectivity index (χ1n) is 25.9. The second kappa shape index (κ2) is 15.5. The molecule has 4 aliphatic rings. The first kappa shape index (κ1) is 45.1. The molecule has 0 N–H and O–H groups in total. The maximum atomic E-state index is 2.80. The molecule has 3 heterocycles. The minimum Gasteiger partial charge on any atom is -0.311 e. The highest BCUT2D eigenvalue weighted by Gasteiger charge is 2.50. The Morgan fingerprint density at radius 1 is 0.514 bits per heavy atom. The molecule has 2 aliphatic carbocycles. The lowest BCUT2D eigenvalue weighted by Crippen LogP contribution is -2.61. The molecule has 0 spiro atoms. The van der Waals surface area contributed by atoms with Crippen LogP contribution in [0.1, 0.15) is 135 Å². The average Bonchev–Trinajstić information content (AvgIpc) is 3.71. The van der Waals surface area contributed by atoms with Crippen LogP contribution in [0.5, 0.6) is 0 Å². The Hall–Kier alpha value is -6.04. The highest BCUT2D eigenvalue weighted by atomic mass is 32.1. The highest BCUT2D eigenvalue weighted by Crippen LogP contribution is 2.57. The Morgan fingerprint density at radius 2 is 1.06 bits per heavy atom. The van der Waals surface area contributed by atoms with Gasteiger partial charge in [0.1, 0.15) is 0 Å². The van der Waals surface area contributed by atoms with Crippen LogP contribution in [-0.4, -0.2) is 6.71 Å². The van der Waals surface area contributed by atoms with Gasteiger partial charge in [-0.25, -0.2) is 0 Å². The van der Waals surface area contributed by atoms with E-state index in [1.54, 1.807) is 0 Å². The van der Waals surface area contributed by atoms with Gasteiger partial charge in [0.05, 0.1) is 10.7 Å². The molecule has 5 heteroatoms. The van der Waals surface area contributed by atoms with Crippen molar-refractivity contribution in [2.45, 2.75) is 136 Å². The lowest BCUT2D eigenvalue weighted by atomic mass is 9.33. The topological polar surface area (TPSA) is 9.72 Å². The molecular formula is C65H68BN3S. The van der Waals surface area contributed by atoms with Gasteiger partial charge in [-0.05, 0) is 176 Å². The Labute approximate surface area is 422 Å². The Kier molecular flexibility index (Phi) is 9.98. The normalized spacial score (nSPS) is 17.9. The minimum atomic E-state index is -0.0646. The molecule has 7 aromatic carbocycles. The van der Waals surface area contributed by atoms with E-state index in [0.717, 1.165) is 36.3 Å². The monoisotopic (exact) mass is 934 g/mol. The molecule has 12 rings (SSSR count). The lowest BCUT2D eigenvalue weighted by Gasteiger charge is -2.50. The van der Waals surface area contributed by atoms with Crippen LogP contribution in [0.4, 0.5) is 50.5 Å². The smallest absolute Gasteiger partial charge is 0.254 e. The Bertz CT molecular complexity index is 3350. The summed E-state index contributed by atoms with van der Waals surface area (Å²) < 4.78 is 1.33. The summed E-state index contributed by atoms with van der Waals surface area (Å²) in [5.74, 6) is 0. The van der Waals surface area contributed by atoms with E-state index >= 15 is 0 Å². The van der Waals surface area contributed by atoms with E-state index in [1.807, 2.05) is 11.3 Å². The first-order chi connectivity index (χ1) is 33.2. The molecule has 1 aromatic heterocycles. The van der Waals surface area contributed by atoms with Gasteiger partial charge in [0.2, 0.25) is 0 Å². The fourth-order valence-electron chi connectivity index (χ4n) is 13.0. The van der Waals surface area contributed by atoms with Gasteiger partial charge in [-0.1, -0.05) is 161 Å². The van der Waals surface area contributed by atoms with Crippen LogP contribution >= 0.6 is 11.3 Å². The van der Waals surface area contributed by atoms with Gasteiger partial charge in [0.25, 0.3) is 6.71 Å². The SMILES string of the molecule is Cc1cc2c(cc1N1c3cc(N(c4ccccc4)c4ccccc4)cc4c3B(c3ccc5c(c31)C(C)(C)CCC5(C)C)c1c(sc3ccccc13)N4c1ccc(C(C)(C)C)cc1)C(C)(C)CCC2(C)C. The molecule has 2 aliphatic heterocycles. The number of rotatable bonds is 5. The van der Waals surface area contributed by atoms with Gasteiger partial charge in [0, 0.05) is 44.5 Å². The summed E-state index contributed by atoms with van der Waals surface area (Å²) in [5, 5.41) is 2.66. The Balaban J connectivity index is 1.27. The molecule has 3 nitrogen and oxygen atoms in total. The van der Waals surface area contributed by atoms with Gasteiger partial charge in [-0.3, -0.25) is 0 Å².